The summed E-state index contributed by atoms with van der Waals surface area (Å²) in [5.74, 6) is 0.951. The Kier molecular flexibility index (Phi) is 7.20. The fourth-order valence-electron chi connectivity index (χ4n) is 3.10. The van der Waals surface area contributed by atoms with Crippen LogP contribution in [0, 0.1) is 0 Å². The minimum Gasteiger partial charge on any atom is -0.484 e. The predicted octanol–water partition coefficient (Wildman–Crippen LogP) is 2.90. The van der Waals surface area contributed by atoms with E-state index in [4.69, 9.17) is 9.47 Å². The second-order valence-corrected chi connectivity index (χ2v) is 6.97. The van der Waals surface area contributed by atoms with Crippen LogP contribution in [-0.4, -0.2) is 59.7 Å². The van der Waals surface area contributed by atoms with E-state index < -0.39 is 12.8 Å². The highest BCUT2D eigenvalue weighted by atomic mass is 19.4. The average molecular weight is 425 g/mol. The van der Waals surface area contributed by atoms with Crippen molar-refractivity contribution in [3.05, 3.63) is 47.8 Å². The third kappa shape index (κ3) is 6.38. The highest BCUT2D eigenvalue weighted by Crippen LogP contribution is 2.22. The van der Waals surface area contributed by atoms with E-state index in [1.165, 1.54) is 12.1 Å². The Balaban J connectivity index is 1.62. The van der Waals surface area contributed by atoms with Gasteiger partial charge in [-0.1, -0.05) is 12.1 Å². The Hall–Kier alpha value is -2.75. The van der Waals surface area contributed by atoms with E-state index in [0.717, 1.165) is 23.6 Å². The maximum absolute atomic E-state index is 12.2. The van der Waals surface area contributed by atoms with Crippen molar-refractivity contribution in [2.75, 3.05) is 32.8 Å². The molecule has 1 saturated heterocycles. The normalized spacial score (nSPS) is 17.8. The van der Waals surface area contributed by atoms with Gasteiger partial charge in [-0.05, 0) is 24.6 Å². The van der Waals surface area contributed by atoms with Crippen LogP contribution in [0.5, 0.6) is 5.75 Å². The largest absolute Gasteiger partial charge is 0.484 e. The van der Waals surface area contributed by atoms with E-state index in [-0.39, 0.29) is 11.9 Å². The number of morpholine rings is 1. The molecule has 0 amide bonds. The number of halogens is 3. The van der Waals surface area contributed by atoms with Gasteiger partial charge in [-0.25, -0.2) is 4.99 Å². The number of aliphatic imine (C=N–C) groups is 1. The van der Waals surface area contributed by atoms with E-state index >= 15 is 0 Å². The lowest BCUT2D eigenvalue weighted by Gasteiger charge is -2.34. The molecule has 0 saturated carbocycles. The number of rotatable bonds is 6. The molecule has 0 bridgehead atoms. The van der Waals surface area contributed by atoms with Crippen LogP contribution in [0.15, 0.2) is 41.7 Å². The SMILES string of the molecule is CCNC(=NCc1ccc(OCC(F)(F)F)cc1)N1CCOC(c2cnn(C)c2)C1. The minimum absolute atomic E-state index is 0.0821. The zero-order valence-corrected chi connectivity index (χ0v) is 17.0. The van der Waals surface area contributed by atoms with Gasteiger partial charge in [0.15, 0.2) is 12.6 Å². The molecule has 0 spiro atoms. The molecule has 1 N–H and O–H groups in total. The molecular formula is C20H26F3N5O2. The van der Waals surface area contributed by atoms with Crippen molar-refractivity contribution in [3.8, 4) is 5.75 Å². The fraction of sp³-hybridized carbons (Fsp3) is 0.500. The molecule has 2 heterocycles. The Morgan fingerprint density at radius 3 is 2.73 bits per heavy atom. The lowest BCUT2D eigenvalue weighted by Crippen LogP contribution is -2.48. The van der Waals surface area contributed by atoms with Gasteiger partial charge in [-0.15, -0.1) is 0 Å². The number of benzene rings is 1. The first-order valence-corrected chi connectivity index (χ1v) is 9.76. The summed E-state index contributed by atoms with van der Waals surface area (Å²) >= 11 is 0. The molecule has 1 aromatic carbocycles. The van der Waals surface area contributed by atoms with Crippen molar-refractivity contribution in [1.82, 2.24) is 20.0 Å². The van der Waals surface area contributed by atoms with Gasteiger partial charge < -0.3 is 19.7 Å². The molecule has 2 aromatic rings. The number of nitrogens with one attached hydrogen (secondary N) is 1. The lowest BCUT2D eigenvalue weighted by molar-refractivity contribution is -0.153. The van der Waals surface area contributed by atoms with Crippen LogP contribution in [0.1, 0.15) is 24.2 Å². The first-order chi connectivity index (χ1) is 14.3. The van der Waals surface area contributed by atoms with Crippen molar-refractivity contribution in [1.29, 1.82) is 0 Å². The molecule has 1 aliphatic heterocycles. The first-order valence-electron chi connectivity index (χ1n) is 9.76. The van der Waals surface area contributed by atoms with Crippen molar-refractivity contribution in [2.45, 2.75) is 25.7 Å². The van der Waals surface area contributed by atoms with Crippen LogP contribution in [0.3, 0.4) is 0 Å². The topological polar surface area (TPSA) is 63.9 Å². The molecule has 1 atom stereocenters. The van der Waals surface area contributed by atoms with Gasteiger partial charge in [0.2, 0.25) is 0 Å². The summed E-state index contributed by atoms with van der Waals surface area (Å²) in [6, 6.07) is 6.49. The molecule has 10 heteroatoms. The van der Waals surface area contributed by atoms with Crippen LogP contribution in [-0.2, 0) is 18.3 Å². The summed E-state index contributed by atoms with van der Waals surface area (Å²) in [6.45, 7) is 3.77. The number of alkyl halides is 3. The highest BCUT2D eigenvalue weighted by molar-refractivity contribution is 5.80. The molecule has 0 aliphatic carbocycles. The molecule has 1 aromatic heterocycles. The van der Waals surface area contributed by atoms with E-state index in [2.05, 4.69) is 20.3 Å². The van der Waals surface area contributed by atoms with Crippen LogP contribution in [0.25, 0.3) is 0 Å². The Morgan fingerprint density at radius 2 is 2.10 bits per heavy atom. The lowest BCUT2D eigenvalue weighted by atomic mass is 10.1. The van der Waals surface area contributed by atoms with Crippen molar-refractivity contribution >= 4 is 5.96 Å². The van der Waals surface area contributed by atoms with E-state index in [1.54, 1.807) is 23.0 Å². The summed E-state index contributed by atoms with van der Waals surface area (Å²) in [5, 5.41) is 7.51. The molecule has 1 aliphatic rings. The van der Waals surface area contributed by atoms with Crippen LogP contribution in [0.2, 0.25) is 0 Å². The molecule has 3 rings (SSSR count). The number of aryl methyl sites for hydroxylation is 1. The second kappa shape index (κ2) is 9.84. The maximum Gasteiger partial charge on any atom is 0.422 e. The fourth-order valence-corrected chi connectivity index (χ4v) is 3.10. The number of guanidine groups is 1. The number of aromatic nitrogens is 2. The summed E-state index contributed by atoms with van der Waals surface area (Å²) < 4.78 is 49.1. The first kappa shape index (κ1) is 21.9. The Labute approximate surface area is 173 Å². The van der Waals surface area contributed by atoms with Gasteiger partial charge in [-0.2, -0.15) is 18.3 Å². The van der Waals surface area contributed by atoms with E-state index in [1.807, 2.05) is 20.2 Å². The molecule has 7 nitrogen and oxygen atoms in total. The predicted molar refractivity (Wildman–Crippen MR) is 106 cm³/mol. The monoisotopic (exact) mass is 425 g/mol. The Bertz CT molecular complexity index is 836. The molecule has 1 unspecified atom stereocenters. The third-order valence-corrected chi connectivity index (χ3v) is 4.53. The van der Waals surface area contributed by atoms with Gasteiger partial charge in [0.25, 0.3) is 0 Å². The van der Waals surface area contributed by atoms with Gasteiger partial charge in [0.1, 0.15) is 11.9 Å². The van der Waals surface area contributed by atoms with E-state index in [0.29, 0.717) is 26.2 Å². The summed E-state index contributed by atoms with van der Waals surface area (Å²) in [5.41, 5.74) is 1.90. The second-order valence-electron chi connectivity index (χ2n) is 6.97. The summed E-state index contributed by atoms with van der Waals surface area (Å²) in [7, 11) is 1.87. The summed E-state index contributed by atoms with van der Waals surface area (Å²) in [4.78, 5) is 6.83. The van der Waals surface area contributed by atoms with Crippen LogP contribution >= 0.6 is 0 Å². The molecule has 0 radical (unpaired) electrons. The highest BCUT2D eigenvalue weighted by Gasteiger charge is 2.28. The zero-order chi connectivity index (χ0) is 21.6. The Morgan fingerprint density at radius 1 is 1.33 bits per heavy atom. The van der Waals surface area contributed by atoms with Gasteiger partial charge in [0.05, 0.1) is 25.9 Å². The molecule has 164 valence electrons. The standard InChI is InChI=1S/C20H26F3N5O2/c1-3-24-19(28-8-9-29-18(13-28)16-11-26-27(2)12-16)25-10-15-4-6-17(7-5-15)30-14-20(21,22)23/h4-7,11-12,18H,3,8-10,13-14H2,1-2H3,(H,24,25). The van der Waals surface area contributed by atoms with Crippen LogP contribution < -0.4 is 10.1 Å². The maximum atomic E-state index is 12.2. The average Bonchev–Trinajstić information content (AvgIpc) is 3.16. The smallest absolute Gasteiger partial charge is 0.422 e. The zero-order valence-electron chi connectivity index (χ0n) is 17.0. The van der Waals surface area contributed by atoms with Crippen molar-refractivity contribution in [2.24, 2.45) is 12.0 Å². The van der Waals surface area contributed by atoms with Gasteiger partial charge >= 0.3 is 6.18 Å². The van der Waals surface area contributed by atoms with Crippen LogP contribution in [0.4, 0.5) is 13.2 Å². The summed E-state index contributed by atoms with van der Waals surface area (Å²) in [6.07, 6.45) is -0.682. The molecule has 30 heavy (non-hydrogen) atoms. The number of hydrogen-bond acceptors (Lipinski definition) is 4. The van der Waals surface area contributed by atoms with E-state index in [9.17, 15) is 13.2 Å². The van der Waals surface area contributed by atoms with Crippen molar-refractivity contribution in [3.63, 3.8) is 0 Å². The van der Waals surface area contributed by atoms with Crippen molar-refractivity contribution < 1.29 is 22.6 Å². The number of hydrogen-bond donors (Lipinski definition) is 1. The molecule has 1 fully saturated rings. The minimum atomic E-state index is -4.35. The quantitative estimate of drug-likeness (QED) is 0.570. The molecular weight excluding hydrogens is 399 g/mol. The van der Waals surface area contributed by atoms with Gasteiger partial charge in [-0.3, -0.25) is 4.68 Å². The number of nitrogens with zero attached hydrogens (tertiary/aromatic N) is 4. The number of ether oxygens (including phenoxy) is 2. The van der Waals surface area contributed by atoms with Gasteiger partial charge in [0, 0.05) is 31.9 Å². The third-order valence-electron chi connectivity index (χ3n) is 4.53.